The SMILES string of the molecule is Cc1ccc2c(c1)CC(CNC(=O)CCc1ccccc1)N(C)C2. The molecular weight excluding hydrogens is 296 g/mol. The summed E-state index contributed by atoms with van der Waals surface area (Å²) in [6.45, 7) is 3.82. The molecule has 1 heterocycles. The number of aryl methyl sites for hydroxylation is 2. The molecule has 1 atom stereocenters. The highest BCUT2D eigenvalue weighted by atomic mass is 16.1. The third-order valence-electron chi connectivity index (χ3n) is 4.88. The van der Waals surface area contributed by atoms with E-state index < -0.39 is 0 Å². The lowest BCUT2D eigenvalue weighted by atomic mass is 9.93. The van der Waals surface area contributed by atoms with Crippen molar-refractivity contribution in [3.63, 3.8) is 0 Å². The second-order valence-electron chi connectivity index (χ2n) is 6.83. The molecule has 24 heavy (non-hydrogen) atoms. The fraction of sp³-hybridized carbons (Fsp3) is 0.381. The number of fused-ring (bicyclic) bond motifs is 1. The second kappa shape index (κ2) is 7.63. The minimum absolute atomic E-state index is 0.141. The van der Waals surface area contributed by atoms with Gasteiger partial charge in [-0.1, -0.05) is 54.1 Å². The van der Waals surface area contributed by atoms with E-state index in [0.717, 1.165) is 25.9 Å². The lowest BCUT2D eigenvalue weighted by Gasteiger charge is -2.34. The molecule has 1 aliphatic heterocycles. The number of carbonyl (C=O) groups is 1. The summed E-state index contributed by atoms with van der Waals surface area (Å²) in [4.78, 5) is 14.5. The van der Waals surface area contributed by atoms with E-state index in [0.29, 0.717) is 12.5 Å². The highest BCUT2D eigenvalue weighted by molar-refractivity contribution is 5.76. The van der Waals surface area contributed by atoms with E-state index in [9.17, 15) is 4.79 Å². The standard InChI is InChI=1S/C21H26N2O/c1-16-8-10-18-15-23(2)20(13-19(18)12-16)14-22-21(24)11-9-17-6-4-3-5-7-17/h3-8,10,12,20H,9,11,13-15H2,1-2H3,(H,22,24). The van der Waals surface area contributed by atoms with Crippen molar-refractivity contribution in [2.45, 2.75) is 38.8 Å². The Kier molecular flexibility index (Phi) is 5.31. The van der Waals surface area contributed by atoms with Gasteiger partial charge in [-0.05, 0) is 43.5 Å². The van der Waals surface area contributed by atoms with E-state index >= 15 is 0 Å². The average Bonchev–Trinajstić information content (AvgIpc) is 2.59. The highest BCUT2D eigenvalue weighted by Crippen LogP contribution is 2.23. The summed E-state index contributed by atoms with van der Waals surface area (Å²) in [5.41, 5.74) is 5.36. The minimum atomic E-state index is 0.141. The molecule has 2 aromatic rings. The van der Waals surface area contributed by atoms with Crippen LogP contribution in [0.3, 0.4) is 0 Å². The summed E-state index contributed by atoms with van der Waals surface area (Å²) in [7, 11) is 2.14. The van der Waals surface area contributed by atoms with E-state index in [-0.39, 0.29) is 5.91 Å². The first-order valence-corrected chi connectivity index (χ1v) is 8.71. The maximum Gasteiger partial charge on any atom is 0.220 e. The van der Waals surface area contributed by atoms with Gasteiger partial charge < -0.3 is 5.32 Å². The molecule has 1 aliphatic rings. The van der Waals surface area contributed by atoms with Crippen LogP contribution in [0, 0.1) is 6.92 Å². The number of hydrogen-bond acceptors (Lipinski definition) is 2. The Balaban J connectivity index is 1.50. The molecule has 0 aromatic heterocycles. The normalized spacial score (nSPS) is 17.3. The maximum absolute atomic E-state index is 12.1. The summed E-state index contributed by atoms with van der Waals surface area (Å²) in [6.07, 6.45) is 2.36. The molecule has 1 unspecified atom stereocenters. The van der Waals surface area contributed by atoms with Crippen LogP contribution in [-0.4, -0.2) is 30.4 Å². The molecule has 0 saturated heterocycles. The van der Waals surface area contributed by atoms with Crippen LogP contribution in [0.15, 0.2) is 48.5 Å². The number of benzene rings is 2. The zero-order valence-corrected chi connectivity index (χ0v) is 14.6. The molecule has 0 radical (unpaired) electrons. The van der Waals surface area contributed by atoms with Crippen molar-refractivity contribution < 1.29 is 4.79 Å². The van der Waals surface area contributed by atoms with Crippen molar-refractivity contribution in [2.24, 2.45) is 0 Å². The van der Waals surface area contributed by atoms with Crippen LogP contribution >= 0.6 is 0 Å². The topological polar surface area (TPSA) is 32.3 Å². The fourth-order valence-electron chi connectivity index (χ4n) is 3.36. The molecule has 3 rings (SSSR count). The summed E-state index contributed by atoms with van der Waals surface area (Å²) in [6, 6.07) is 17.2. The third-order valence-corrected chi connectivity index (χ3v) is 4.88. The van der Waals surface area contributed by atoms with Crippen LogP contribution in [0.25, 0.3) is 0 Å². The molecule has 0 saturated carbocycles. The van der Waals surface area contributed by atoms with Crippen LogP contribution in [0.1, 0.15) is 28.7 Å². The molecule has 126 valence electrons. The van der Waals surface area contributed by atoms with E-state index in [1.165, 1.54) is 22.3 Å². The van der Waals surface area contributed by atoms with Crippen molar-refractivity contribution in [3.8, 4) is 0 Å². The first-order chi connectivity index (χ1) is 11.6. The Labute approximate surface area is 144 Å². The Morgan fingerprint density at radius 2 is 1.96 bits per heavy atom. The maximum atomic E-state index is 12.1. The molecule has 1 N–H and O–H groups in total. The van der Waals surface area contributed by atoms with Crippen molar-refractivity contribution in [3.05, 3.63) is 70.8 Å². The van der Waals surface area contributed by atoms with Gasteiger partial charge in [0.1, 0.15) is 0 Å². The lowest BCUT2D eigenvalue weighted by Crippen LogP contribution is -2.45. The zero-order chi connectivity index (χ0) is 16.9. The first kappa shape index (κ1) is 16.7. The second-order valence-corrected chi connectivity index (χ2v) is 6.83. The number of carbonyl (C=O) groups excluding carboxylic acids is 1. The third kappa shape index (κ3) is 4.24. The van der Waals surface area contributed by atoms with Gasteiger partial charge in [-0.25, -0.2) is 0 Å². The van der Waals surface area contributed by atoms with Gasteiger partial charge in [-0.2, -0.15) is 0 Å². The van der Waals surface area contributed by atoms with Gasteiger partial charge >= 0.3 is 0 Å². The Hall–Kier alpha value is -2.13. The Bertz CT molecular complexity index is 696. The predicted molar refractivity (Wildman–Crippen MR) is 97.9 cm³/mol. The average molecular weight is 322 g/mol. The van der Waals surface area contributed by atoms with E-state index in [1.807, 2.05) is 18.2 Å². The number of likely N-dealkylation sites (N-methyl/N-ethyl adjacent to an activating group) is 1. The summed E-state index contributed by atoms with van der Waals surface area (Å²) in [5, 5.41) is 3.12. The number of hydrogen-bond donors (Lipinski definition) is 1. The van der Waals surface area contributed by atoms with Crippen LogP contribution in [0.2, 0.25) is 0 Å². The van der Waals surface area contributed by atoms with E-state index in [4.69, 9.17) is 0 Å². The van der Waals surface area contributed by atoms with Crippen LogP contribution in [0.5, 0.6) is 0 Å². The first-order valence-electron chi connectivity index (χ1n) is 8.71. The highest BCUT2D eigenvalue weighted by Gasteiger charge is 2.23. The minimum Gasteiger partial charge on any atom is -0.355 e. The van der Waals surface area contributed by atoms with Crippen LogP contribution in [-0.2, 0) is 24.2 Å². The van der Waals surface area contributed by atoms with Crippen LogP contribution < -0.4 is 5.32 Å². The van der Waals surface area contributed by atoms with Crippen molar-refractivity contribution >= 4 is 5.91 Å². The zero-order valence-electron chi connectivity index (χ0n) is 14.6. The van der Waals surface area contributed by atoms with Gasteiger partial charge in [-0.15, -0.1) is 0 Å². The van der Waals surface area contributed by atoms with Gasteiger partial charge in [0, 0.05) is 25.6 Å². The van der Waals surface area contributed by atoms with Gasteiger partial charge in [0.2, 0.25) is 5.91 Å². The van der Waals surface area contributed by atoms with Crippen molar-refractivity contribution in [2.75, 3.05) is 13.6 Å². The number of nitrogens with one attached hydrogen (secondary N) is 1. The molecule has 0 aliphatic carbocycles. The van der Waals surface area contributed by atoms with E-state index in [1.54, 1.807) is 0 Å². The van der Waals surface area contributed by atoms with Crippen LogP contribution in [0.4, 0.5) is 0 Å². The van der Waals surface area contributed by atoms with Crippen molar-refractivity contribution in [1.29, 1.82) is 0 Å². The molecule has 0 spiro atoms. The van der Waals surface area contributed by atoms with Gasteiger partial charge in [0.05, 0.1) is 0 Å². The van der Waals surface area contributed by atoms with Gasteiger partial charge in [0.15, 0.2) is 0 Å². The van der Waals surface area contributed by atoms with Crippen molar-refractivity contribution in [1.82, 2.24) is 10.2 Å². The Morgan fingerprint density at radius 1 is 1.17 bits per heavy atom. The predicted octanol–water partition coefficient (Wildman–Crippen LogP) is 3.10. The van der Waals surface area contributed by atoms with Gasteiger partial charge in [-0.3, -0.25) is 9.69 Å². The van der Waals surface area contributed by atoms with Gasteiger partial charge in [0.25, 0.3) is 0 Å². The molecule has 0 bridgehead atoms. The summed E-state index contributed by atoms with van der Waals surface area (Å²) < 4.78 is 0. The number of rotatable bonds is 5. The molecule has 1 amide bonds. The monoisotopic (exact) mass is 322 g/mol. The van der Waals surface area contributed by atoms with E-state index in [2.05, 4.69) is 54.5 Å². The number of nitrogens with zero attached hydrogens (tertiary/aromatic N) is 1. The molecule has 3 nitrogen and oxygen atoms in total. The summed E-state index contributed by atoms with van der Waals surface area (Å²) >= 11 is 0. The lowest BCUT2D eigenvalue weighted by molar-refractivity contribution is -0.121. The quantitative estimate of drug-likeness (QED) is 0.917. The molecular formula is C21H26N2O. The molecule has 2 aromatic carbocycles. The summed E-state index contributed by atoms with van der Waals surface area (Å²) in [5.74, 6) is 0.141. The fourth-order valence-corrected chi connectivity index (χ4v) is 3.36. The smallest absolute Gasteiger partial charge is 0.220 e. The Morgan fingerprint density at radius 3 is 2.75 bits per heavy atom. The molecule has 0 fully saturated rings. The largest absolute Gasteiger partial charge is 0.355 e. The molecule has 3 heteroatoms. The number of amides is 1.